The highest BCUT2D eigenvalue weighted by Gasteiger charge is 2.24. The average molecular weight is 362 g/mol. The van der Waals surface area contributed by atoms with Crippen LogP contribution in [0.3, 0.4) is 0 Å². The van der Waals surface area contributed by atoms with Crippen LogP contribution in [0.2, 0.25) is 0 Å². The Morgan fingerprint density at radius 1 is 0.704 bits per heavy atom. The molecule has 2 aromatic carbocycles. The largest absolute Gasteiger partial charge is 0.454 e. The maximum atomic E-state index is 13.1. The first-order valence-electron chi connectivity index (χ1n) is 9.03. The van der Waals surface area contributed by atoms with E-state index in [0.717, 1.165) is 53.0 Å². The molecule has 5 heteroatoms. The molecule has 27 heavy (non-hydrogen) atoms. The number of carbonyl (C=O) groups is 1. The molecule has 0 aromatic heterocycles. The van der Waals surface area contributed by atoms with Crippen molar-refractivity contribution in [3.63, 3.8) is 0 Å². The Bertz CT molecular complexity index is 909. The molecule has 0 N–H and O–H groups in total. The molecular weight excluding hydrogens is 344 g/mol. The van der Waals surface area contributed by atoms with E-state index < -0.39 is 0 Å². The van der Waals surface area contributed by atoms with E-state index in [0.29, 0.717) is 11.5 Å². The van der Waals surface area contributed by atoms with Gasteiger partial charge in [0, 0.05) is 22.3 Å². The summed E-state index contributed by atoms with van der Waals surface area (Å²) >= 11 is 0. The number of allylic oxidation sites excluding steroid dienone is 2. The van der Waals surface area contributed by atoms with Crippen LogP contribution in [0.1, 0.15) is 30.4 Å². The quantitative estimate of drug-likeness (QED) is 0.743. The monoisotopic (exact) mass is 362 g/mol. The highest BCUT2D eigenvalue weighted by molar-refractivity contribution is 6.14. The van der Waals surface area contributed by atoms with Crippen LogP contribution in [0, 0.1) is 0 Å². The number of rotatable bonds is 2. The van der Waals surface area contributed by atoms with Crippen molar-refractivity contribution in [1.82, 2.24) is 0 Å². The minimum absolute atomic E-state index is 0.0780. The van der Waals surface area contributed by atoms with Crippen molar-refractivity contribution < 1.29 is 23.7 Å². The molecular formula is C22H18O5. The Balaban J connectivity index is 1.49. The lowest BCUT2D eigenvalue weighted by Gasteiger charge is -2.17. The average Bonchev–Trinajstić information content (AvgIpc) is 3.35. The van der Waals surface area contributed by atoms with E-state index in [2.05, 4.69) is 0 Å². The predicted octanol–water partition coefficient (Wildman–Crippen LogP) is 4.36. The molecule has 5 nitrogen and oxygen atoms in total. The van der Waals surface area contributed by atoms with Gasteiger partial charge in [0.1, 0.15) is 0 Å². The van der Waals surface area contributed by atoms with Crippen molar-refractivity contribution in [3.8, 4) is 23.0 Å². The fourth-order valence-electron chi connectivity index (χ4n) is 3.69. The molecule has 0 spiro atoms. The van der Waals surface area contributed by atoms with E-state index in [9.17, 15) is 4.79 Å². The molecule has 0 bridgehead atoms. The second kappa shape index (κ2) is 6.50. The van der Waals surface area contributed by atoms with Gasteiger partial charge in [0.2, 0.25) is 13.6 Å². The smallest absolute Gasteiger partial charge is 0.231 e. The van der Waals surface area contributed by atoms with E-state index in [1.54, 1.807) is 0 Å². The van der Waals surface area contributed by atoms with Crippen LogP contribution in [0.15, 0.2) is 47.5 Å². The third kappa shape index (κ3) is 2.85. The Kier molecular flexibility index (Phi) is 3.85. The zero-order chi connectivity index (χ0) is 18.2. The number of ether oxygens (including phenoxy) is 4. The number of ketones is 1. The van der Waals surface area contributed by atoms with Crippen molar-refractivity contribution in [2.75, 3.05) is 13.6 Å². The zero-order valence-corrected chi connectivity index (χ0v) is 14.7. The minimum atomic E-state index is 0.0780. The first kappa shape index (κ1) is 16.0. The molecule has 3 aliphatic rings. The van der Waals surface area contributed by atoms with Gasteiger partial charge in [-0.1, -0.05) is 24.3 Å². The third-order valence-electron chi connectivity index (χ3n) is 4.99. The third-order valence-corrected chi connectivity index (χ3v) is 4.99. The van der Waals surface area contributed by atoms with Gasteiger partial charge in [-0.2, -0.15) is 0 Å². The number of hydrogen-bond donors (Lipinski definition) is 0. The second-order valence-electron chi connectivity index (χ2n) is 6.68. The normalized spacial score (nSPS) is 20.5. The summed E-state index contributed by atoms with van der Waals surface area (Å²) in [6.07, 6.45) is 6.30. The molecule has 0 unspecified atom stereocenters. The molecule has 1 saturated carbocycles. The van der Waals surface area contributed by atoms with E-state index >= 15 is 0 Å². The van der Waals surface area contributed by atoms with Gasteiger partial charge < -0.3 is 18.9 Å². The first-order valence-corrected chi connectivity index (χ1v) is 9.03. The number of para-hydroxylation sites is 2. The highest BCUT2D eigenvalue weighted by Crippen LogP contribution is 2.39. The van der Waals surface area contributed by atoms with Crippen LogP contribution < -0.4 is 18.9 Å². The second-order valence-corrected chi connectivity index (χ2v) is 6.68. The summed E-state index contributed by atoms with van der Waals surface area (Å²) < 4.78 is 22.0. The Labute approximate surface area is 156 Å². The van der Waals surface area contributed by atoms with Gasteiger partial charge in [0.25, 0.3) is 0 Å². The van der Waals surface area contributed by atoms with Gasteiger partial charge in [-0.05, 0) is 43.5 Å². The van der Waals surface area contributed by atoms with Crippen molar-refractivity contribution in [2.24, 2.45) is 0 Å². The topological polar surface area (TPSA) is 54.0 Å². The summed E-state index contributed by atoms with van der Waals surface area (Å²) in [4.78, 5) is 13.1. The molecule has 1 aliphatic carbocycles. The summed E-state index contributed by atoms with van der Waals surface area (Å²) in [7, 11) is 0. The lowest BCUT2D eigenvalue weighted by Crippen LogP contribution is -2.12. The van der Waals surface area contributed by atoms with E-state index in [4.69, 9.17) is 18.9 Å². The summed E-state index contributed by atoms with van der Waals surface area (Å²) in [6.45, 7) is 0.436. The summed E-state index contributed by atoms with van der Waals surface area (Å²) in [5, 5.41) is 0. The van der Waals surface area contributed by atoms with Gasteiger partial charge in [-0.25, -0.2) is 0 Å². The van der Waals surface area contributed by atoms with E-state index in [1.807, 2.05) is 48.6 Å². The van der Waals surface area contributed by atoms with Gasteiger partial charge >= 0.3 is 0 Å². The van der Waals surface area contributed by atoms with Gasteiger partial charge in [0.05, 0.1) is 0 Å². The van der Waals surface area contributed by atoms with Crippen molar-refractivity contribution >= 4 is 17.9 Å². The highest BCUT2D eigenvalue weighted by atomic mass is 16.7. The fraction of sp³-hybridized carbons (Fsp3) is 0.227. The summed E-state index contributed by atoms with van der Waals surface area (Å²) in [6, 6.07) is 11.5. The van der Waals surface area contributed by atoms with Crippen LogP contribution in [-0.2, 0) is 4.79 Å². The van der Waals surface area contributed by atoms with Crippen LogP contribution >= 0.6 is 0 Å². The molecule has 0 atom stereocenters. The Hall–Kier alpha value is -3.21. The van der Waals surface area contributed by atoms with Gasteiger partial charge in [0.15, 0.2) is 28.8 Å². The van der Waals surface area contributed by atoms with Crippen molar-refractivity contribution in [1.29, 1.82) is 0 Å². The summed E-state index contributed by atoms with van der Waals surface area (Å²) in [5.74, 6) is 2.94. The van der Waals surface area contributed by atoms with Crippen molar-refractivity contribution in [2.45, 2.75) is 19.3 Å². The zero-order valence-electron chi connectivity index (χ0n) is 14.7. The molecule has 0 saturated heterocycles. The number of carbonyl (C=O) groups excluding carboxylic acids is 1. The lowest BCUT2D eigenvalue weighted by molar-refractivity contribution is -0.112. The molecule has 2 aromatic rings. The number of fused-ring (bicyclic) bond motifs is 2. The first-order chi connectivity index (χ1) is 13.3. The van der Waals surface area contributed by atoms with Crippen LogP contribution in [0.4, 0.5) is 0 Å². The van der Waals surface area contributed by atoms with Crippen molar-refractivity contribution in [3.05, 3.63) is 58.7 Å². The standard InChI is InChI=1S/C22H18O5/c23-20-14(10-16-6-2-8-18-21(16)26-12-24-18)4-1-5-15(20)11-17-7-3-9-19-22(17)27-13-25-19/h2-3,6-11H,1,4-5,12-13H2. The van der Waals surface area contributed by atoms with E-state index in [1.165, 1.54) is 0 Å². The Morgan fingerprint density at radius 2 is 1.22 bits per heavy atom. The molecule has 0 radical (unpaired) electrons. The molecule has 1 fully saturated rings. The number of Topliss-reactive ketones (excluding diaryl/α,β-unsaturated/α-hetero) is 1. The van der Waals surface area contributed by atoms with E-state index in [-0.39, 0.29) is 19.4 Å². The fourth-order valence-corrected chi connectivity index (χ4v) is 3.69. The predicted molar refractivity (Wildman–Crippen MR) is 99.9 cm³/mol. The van der Waals surface area contributed by atoms with Crippen LogP contribution in [0.5, 0.6) is 23.0 Å². The molecule has 2 heterocycles. The number of benzene rings is 2. The maximum absolute atomic E-state index is 13.1. The minimum Gasteiger partial charge on any atom is -0.454 e. The number of hydrogen-bond acceptors (Lipinski definition) is 5. The molecule has 2 aliphatic heterocycles. The molecule has 5 rings (SSSR count). The summed E-state index contributed by atoms with van der Waals surface area (Å²) in [5.41, 5.74) is 3.35. The maximum Gasteiger partial charge on any atom is 0.231 e. The van der Waals surface area contributed by atoms with Crippen LogP contribution in [-0.4, -0.2) is 19.4 Å². The molecule has 136 valence electrons. The Morgan fingerprint density at radius 3 is 1.74 bits per heavy atom. The van der Waals surface area contributed by atoms with Gasteiger partial charge in [-0.15, -0.1) is 0 Å². The lowest BCUT2D eigenvalue weighted by atomic mass is 9.86. The van der Waals surface area contributed by atoms with Gasteiger partial charge in [-0.3, -0.25) is 4.79 Å². The van der Waals surface area contributed by atoms with Crippen LogP contribution in [0.25, 0.3) is 12.2 Å². The molecule has 0 amide bonds. The SMILES string of the molecule is O=C1C(=Cc2cccc3c2OCO3)CCCC1=Cc1cccc2c1OCO2.